The molecule has 1 aliphatic rings. The maximum absolute atomic E-state index is 10.9. The Bertz CT molecular complexity index is 284. The zero-order chi connectivity index (χ0) is 9.68. The molecule has 70 valence electrons. The summed E-state index contributed by atoms with van der Waals surface area (Å²) in [7, 11) is 0. The normalized spacial score (nSPS) is 24.8. The number of amides is 1. The van der Waals surface area contributed by atoms with E-state index >= 15 is 0 Å². The van der Waals surface area contributed by atoms with Crippen molar-refractivity contribution in [2.75, 3.05) is 0 Å². The lowest BCUT2D eigenvalue weighted by molar-refractivity contribution is -0.118. The molecule has 13 heavy (non-hydrogen) atoms. The van der Waals surface area contributed by atoms with Crippen LogP contribution in [0.2, 0.25) is 0 Å². The summed E-state index contributed by atoms with van der Waals surface area (Å²) in [6.07, 6.45) is 10.1. The van der Waals surface area contributed by atoms with Gasteiger partial charge in [-0.05, 0) is 18.9 Å². The topological polar surface area (TPSA) is 29.1 Å². The summed E-state index contributed by atoms with van der Waals surface area (Å²) in [5.41, 5.74) is 2.14. The summed E-state index contributed by atoms with van der Waals surface area (Å²) < 4.78 is 0. The molecule has 1 amide bonds. The molecule has 0 saturated heterocycles. The third kappa shape index (κ3) is 3.28. The number of allylic oxidation sites excluding steroid dienone is 5. The Morgan fingerprint density at radius 3 is 2.85 bits per heavy atom. The lowest BCUT2D eigenvalue weighted by Crippen LogP contribution is -2.20. The van der Waals surface area contributed by atoms with Crippen molar-refractivity contribution in [2.45, 2.75) is 26.7 Å². The fourth-order valence-corrected chi connectivity index (χ4v) is 1.24. The quantitative estimate of drug-likeness (QED) is 0.612. The number of carbonyl (C=O) groups excluding carboxylic acids is 1. The van der Waals surface area contributed by atoms with Crippen LogP contribution in [0.5, 0.6) is 0 Å². The zero-order valence-electron chi connectivity index (χ0n) is 8.13. The highest BCUT2D eigenvalue weighted by Gasteiger charge is 2.01. The molecule has 0 bridgehead atoms. The second-order valence-electron chi connectivity index (χ2n) is 3.16. The van der Waals surface area contributed by atoms with Crippen molar-refractivity contribution in [1.29, 1.82) is 0 Å². The van der Waals surface area contributed by atoms with E-state index in [0.29, 0.717) is 0 Å². The molecule has 0 saturated carbocycles. The van der Waals surface area contributed by atoms with Crippen LogP contribution in [0.25, 0.3) is 0 Å². The Labute approximate surface area is 79.0 Å². The van der Waals surface area contributed by atoms with Gasteiger partial charge >= 0.3 is 0 Å². The lowest BCUT2D eigenvalue weighted by atomic mass is 10.1. The van der Waals surface area contributed by atoms with Crippen molar-refractivity contribution in [1.82, 2.24) is 5.32 Å². The fraction of sp³-hybridized carbons (Fsp3) is 0.364. The summed E-state index contributed by atoms with van der Waals surface area (Å²) in [5.74, 6) is -0.00303. The molecule has 1 rings (SSSR count). The SMILES string of the molecule is CC(=O)N/C1=C(\C)C=CC/C=C\C1. The molecule has 0 spiro atoms. The first kappa shape index (κ1) is 9.78. The second kappa shape index (κ2) is 4.65. The molecule has 0 heterocycles. The van der Waals surface area contributed by atoms with E-state index in [2.05, 4.69) is 29.6 Å². The van der Waals surface area contributed by atoms with E-state index in [4.69, 9.17) is 0 Å². The van der Waals surface area contributed by atoms with E-state index in [0.717, 1.165) is 24.1 Å². The molecule has 0 aromatic rings. The van der Waals surface area contributed by atoms with Crippen LogP contribution in [0.4, 0.5) is 0 Å². The molecule has 0 aromatic carbocycles. The molecular formula is C11H15NO. The zero-order valence-corrected chi connectivity index (χ0v) is 8.13. The molecule has 2 heteroatoms. The molecule has 1 N–H and O–H groups in total. The summed E-state index contributed by atoms with van der Waals surface area (Å²) in [4.78, 5) is 10.9. The van der Waals surface area contributed by atoms with E-state index in [9.17, 15) is 4.79 Å². The molecule has 0 aliphatic heterocycles. The van der Waals surface area contributed by atoms with Gasteiger partial charge in [0.1, 0.15) is 0 Å². The Kier molecular flexibility index (Phi) is 3.50. The number of nitrogens with one attached hydrogen (secondary N) is 1. The molecule has 0 atom stereocenters. The van der Waals surface area contributed by atoms with Gasteiger partial charge in [-0.3, -0.25) is 4.79 Å². The van der Waals surface area contributed by atoms with Gasteiger partial charge in [0, 0.05) is 19.0 Å². The number of hydrogen-bond acceptors (Lipinski definition) is 1. The van der Waals surface area contributed by atoms with Crippen LogP contribution in [-0.4, -0.2) is 5.91 Å². The van der Waals surface area contributed by atoms with Gasteiger partial charge in [0.15, 0.2) is 0 Å². The van der Waals surface area contributed by atoms with Crippen LogP contribution in [0.1, 0.15) is 26.7 Å². The average molecular weight is 177 g/mol. The number of carbonyl (C=O) groups is 1. The minimum atomic E-state index is -0.00303. The Hall–Kier alpha value is -1.31. The van der Waals surface area contributed by atoms with Gasteiger partial charge < -0.3 is 5.32 Å². The third-order valence-electron chi connectivity index (χ3n) is 1.93. The van der Waals surface area contributed by atoms with Crippen LogP contribution >= 0.6 is 0 Å². The van der Waals surface area contributed by atoms with Gasteiger partial charge in [0.05, 0.1) is 0 Å². The molecule has 0 unspecified atom stereocenters. The Morgan fingerprint density at radius 1 is 1.38 bits per heavy atom. The van der Waals surface area contributed by atoms with E-state index in [1.54, 1.807) is 0 Å². The summed E-state index contributed by atoms with van der Waals surface area (Å²) in [6, 6.07) is 0. The monoisotopic (exact) mass is 177 g/mol. The van der Waals surface area contributed by atoms with Gasteiger partial charge in [-0.15, -0.1) is 0 Å². The Balaban J connectivity index is 2.81. The minimum Gasteiger partial charge on any atom is -0.329 e. The van der Waals surface area contributed by atoms with Crippen LogP contribution in [0, 0.1) is 0 Å². The summed E-state index contributed by atoms with van der Waals surface area (Å²) in [5, 5.41) is 2.84. The van der Waals surface area contributed by atoms with Crippen molar-refractivity contribution in [3.05, 3.63) is 35.6 Å². The highest BCUT2D eigenvalue weighted by atomic mass is 16.1. The van der Waals surface area contributed by atoms with E-state index in [1.807, 2.05) is 6.92 Å². The number of hydrogen-bond donors (Lipinski definition) is 1. The van der Waals surface area contributed by atoms with E-state index in [1.165, 1.54) is 6.92 Å². The molecule has 1 aliphatic carbocycles. The maximum atomic E-state index is 10.9. The predicted octanol–water partition coefficient (Wildman–Crippen LogP) is 2.30. The molecule has 0 aromatic heterocycles. The van der Waals surface area contributed by atoms with Crippen LogP contribution < -0.4 is 5.32 Å². The van der Waals surface area contributed by atoms with Crippen LogP contribution in [0.3, 0.4) is 0 Å². The highest BCUT2D eigenvalue weighted by Crippen LogP contribution is 2.11. The first-order valence-corrected chi connectivity index (χ1v) is 4.49. The van der Waals surface area contributed by atoms with Gasteiger partial charge in [0.2, 0.25) is 5.91 Å². The average Bonchev–Trinajstić information content (AvgIpc) is 2.04. The van der Waals surface area contributed by atoms with Gasteiger partial charge in [-0.2, -0.15) is 0 Å². The van der Waals surface area contributed by atoms with Crippen molar-refractivity contribution < 1.29 is 4.79 Å². The maximum Gasteiger partial charge on any atom is 0.221 e. The van der Waals surface area contributed by atoms with Crippen molar-refractivity contribution in [2.24, 2.45) is 0 Å². The van der Waals surface area contributed by atoms with E-state index < -0.39 is 0 Å². The van der Waals surface area contributed by atoms with Crippen molar-refractivity contribution >= 4 is 5.91 Å². The highest BCUT2D eigenvalue weighted by molar-refractivity contribution is 5.75. The van der Waals surface area contributed by atoms with Crippen molar-refractivity contribution in [3.63, 3.8) is 0 Å². The first-order valence-electron chi connectivity index (χ1n) is 4.49. The van der Waals surface area contributed by atoms with Gasteiger partial charge in [-0.25, -0.2) is 0 Å². The third-order valence-corrected chi connectivity index (χ3v) is 1.93. The molecule has 0 radical (unpaired) electrons. The summed E-state index contributed by atoms with van der Waals surface area (Å²) >= 11 is 0. The largest absolute Gasteiger partial charge is 0.329 e. The van der Waals surface area contributed by atoms with Gasteiger partial charge in [-0.1, -0.05) is 24.3 Å². The molecular weight excluding hydrogens is 162 g/mol. The molecule has 0 fully saturated rings. The van der Waals surface area contributed by atoms with Crippen LogP contribution in [-0.2, 0) is 4.79 Å². The van der Waals surface area contributed by atoms with Crippen LogP contribution in [0.15, 0.2) is 35.6 Å². The minimum absolute atomic E-state index is 0.00303. The smallest absolute Gasteiger partial charge is 0.221 e. The summed E-state index contributed by atoms with van der Waals surface area (Å²) in [6.45, 7) is 3.55. The van der Waals surface area contributed by atoms with Crippen molar-refractivity contribution in [3.8, 4) is 0 Å². The first-order chi connectivity index (χ1) is 6.20. The predicted molar refractivity (Wildman–Crippen MR) is 54.0 cm³/mol. The standard InChI is InChI=1S/C11H15NO/c1-9-7-5-3-4-6-8-11(9)12-10(2)13/h4-7H,3,8H2,1-2H3,(H,12,13)/b6-4-,7-5?,11-9+. The molecule has 2 nitrogen and oxygen atoms in total. The second-order valence-corrected chi connectivity index (χ2v) is 3.16. The van der Waals surface area contributed by atoms with Gasteiger partial charge in [0.25, 0.3) is 0 Å². The number of rotatable bonds is 1. The fourth-order valence-electron chi connectivity index (χ4n) is 1.24. The Morgan fingerprint density at radius 2 is 2.15 bits per heavy atom. The van der Waals surface area contributed by atoms with E-state index in [-0.39, 0.29) is 5.91 Å². The lowest BCUT2D eigenvalue weighted by Gasteiger charge is -2.09.